The van der Waals surface area contributed by atoms with Crippen molar-refractivity contribution in [1.82, 2.24) is 29.0 Å². The molecule has 2 aliphatic rings. The van der Waals surface area contributed by atoms with Crippen LogP contribution in [-0.4, -0.2) is 54.3 Å². The average Bonchev–Trinajstić information content (AvgIpc) is 3.39. The highest BCUT2D eigenvalue weighted by Crippen LogP contribution is 2.41. The zero-order chi connectivity index (χ0) is 20.1. The molecule has 0 radical (unpaired) electrons. The van der Waals surface area contributed by atoms with Gasteiger partial charge in [0.05, 0.1) is 19.3 Å². The van der Waals surface area contributed by atoms with E-state index in [0.29, 0.717) is 23.6 Å². The summed E-state index contributed by atoms with van der Waals surface area (Å²) in [7, 11) is 1.64. The molecular weight excluding hydrogens is 382 g/mol. The molecule has 1 saturated carbocycles. The predicted molar refractivity (Wildman–Crippen MR) is 111 cm³/mol. The fourth-order valence-electron chi connectivity index (χ4n) is 4.64. The van der Waals surface area contributed by atoms with E-state index >= 15 is 0 Å². The van der Waals surface area contributed by atoms with Gasteiger partial charge in [0.1, 0.15) is 5.52 Å². The van der Waals surface area contributed by atoms with E-state index in [9.17, 15) is 0 Å². The lowest BCUT2D eigenvalue weighted by Gasteiger charge is -2.46. The molecule has 4 aromatic rings. The number of aromatic nitrogens is 6. The van der Waals surface area contributed by atoms with Gasteiger partial charge in [-0.1, -0.05) is 0 Å². The molecule has 0 unspecified atom stereocenters. The van der Waals surface area contributed by atoms with Gasteiger partial charge < -0.3 is 14.8 Å². The summed E-state index contributed by atoms with van der Waals surface area (Å²) in [5.41, 5.74) is 2.88. The third-order valence-corrected chi connectivity index (χ3v) is 6.42. The number of nitrogens with zero attached hydrogens (tertiary/aromatic N) is 6. The van der Waals surface area contributed by atoms with E-state index in [2.05, 4.69) is 20.3 Å². The predicted octanol–water partition coefficient (Wildman–Crippen LogP) is 2.96. The average molecular weight is 405 g/mol. The first-order valence-corrected chi connectivity index (χ1v) is 10.4. The second-order valence-corrected chi connectivity index (χ2v) is 8.14. The largest absolute Gasteiger partial charge is 0.479 e. The summed E-state index contributed by atoms with van der Waals surface area (Å²) < 4.78 is 15.2. The topological polar surface area (TPSA) is 90.9 Å². The number of rotatable bonds is 4. The van der Waals surface area contributed by atoms with Crippen LogP contribution in [0.15, 0.2) is 37.1 Å². The van der Waals surface area contributed by atoms with Crippen LogP contribution in [0.4, 0.5) is 5.95 Å². The highest BCUT2D eigenvalue weighted by atomic mass is 16.5. The molecule has 5 heterocycles. The van der Waals surface area contributed by atoms with Gasteiger partial charge in [-0.05, 0) is 38.2 Å². The second kappa shape index (κ2) is 6.66. The van der Waals surface area contributed by atoms with Crippen LogP contribution in [-0.2, 0) is 4.74 Å². The maximum atomic E-state index is 5.82. The maximum absolute atomic E-state index is 5.82. The first-order valence-electron chi connectivity index (χ1n) is 10.4. The van der Waals surface area contributed by atoms with Gasteiger partial charge in [-0.2, -0.15) is 4.98 Å². The van der Waals surface area contributed by atoms with Gasteiger partial charge in [0.2, 0.25) is 17.6 Å². The molecular formula is C21H23N7O2. The fourth-order valence-corrected chi connectivity index (χ4v) is 4.64. The van der Waals surface area contributed by atoms with Crippen LogP contribution >= 0.6 is 0 Å². The Morgan fingerprint density at radius 3 is 2.83 bits per heavy atom. The van der Waals surface area contributed by atoms with Gasteiger partial charge in [0.25, 0.3) is 0 Å². The molecule has 1 aliphatic heterocycles. The lowest BCUT2D eigenvalue weighted by atomic mass is 9.77. The SMILES string of the molecule is COc1nc(NC2CCC3(CCO3)CC2)nn2ccc(-c3cnc4nccn4c3)c12. The van der Waals surface area contributed by atoms with Crippen molar-refractivity contribution in [2.24, 2.45) is 0 Å². The number of methoxy groups -OCH3 is 1. The maximum Gasteiger partial charge on any atom is 0.244 e. The molecule has 1 N–H and O–H groups in total. The molecule has 4 aromatic heterocycles. The van der Waals surface area contributed by atoms with E-state index in [1.807, 2.05) is 39.8 Å². The summed E-state index contributed by atoms with van der Waals surface area (Å²) in [5, 5.41) is 8.19. The molecule has 30 heavy (non-hydrogen) atoms. The molecule has 1 aliphatic carbocycles. The molecule has 2 fully saturated rings. The lowest BCUT2D eigenvalue weighted by molar-refractivity contribution is -0.165. The molecule has 9 nitrogen and oxygen atoms in total. The van der Waals surface area contributed by atoms with Crippen LogP contribution in [0.3, 0.4) is 0 Å². The van der Waals surface area contributed by atoms with Gasteiger partial charge in [0.15, 0.2) is 0 Å². The van der Waals surface area contributed by atoms with Gasteiger partial charge >= 0.3 is 0 Å². The number of hydrogen-bond donors (Lipinski definition) is 1. The number of anilines is 1. The molecule has 1 saturated heterocycles. The summed E-state index contributed by atoms with van der Waals surface area (Å²) >= 11 is 0. The van der Waals surface area contributed by atoms with Crippen molar-refractivity contribution in [3.05, 3.63) is 37.1 Å². The van der Waals surface area contributed by atoms with Gasteiger partial charge in [-0.15, -0.1) is 5.10 Å². The van der Waals surface area contributed by atoms with E-state index in [1.54, 1.807) is 13.3 Å². The lowest BCUT2D eigenvalue weighted by Crippen LogP contribution is -2.48. The Morgan fingerprint density at radius 2 is 2.07 bits per heavy atom. The Hall–Kier alpha value is -3.20. The van der Waals surface area contributed by atoms with Crippen molar-refractivity contribution >= 4 is 17.2 Å². The molecule has 9 heteroatoms. The van der Waals surface area contributed by atoms with Crippen LogP contribution in [0.5, 0.6) is 5.88 Å². The van der Waals surface area contributed by atoms with Gasteiger partial charge in [-0.25, -0.2) is 14.5 Å². The van der Waals surface area contributed by atoms with Gasteiger partial charge in [-0.3, -0.25) is 4.40 Å². The Morgan fingerprint density at radius 1 is 1.20 bits per heavy atom. The van der Waals surface area contributed by atoms with Crippen LogP contribution < -0.4 is 10.1 Å². The van der Waals surface area contributed by atoms with E-state index in [-0.39, 0.29) is 5.60 Å². The Balaban J connectivity index is 1.31. The summed E-state index contributed by atoms with van der Waals surface area (Å²) in [6, 6.07) is 2.36. The summed E-state index contributed by atoms with van der Waals surface area (Å²) in [5.74, 6) is 1.78. The van der Waals surface area contributed by atoms with Crippen LogP contribution in [0.1, 0.15) is 32.1 Å². The zero-order valence-corrected chi connectivity index (χ0v) is 16.8. The van der Waals surface area contributed by atoms with Crippen molar-refractivity contribution in [1.29, 1.82) is 0 Å². The van der Waals surface area contributed by atoms with Crippen LogP contribution in [0.2, 0.25) is 0 Å². The third-order valence-electron chi connectivity index (χ3n) is 6.42. The van der Waals surface area contributed by atoms with Crippen LogP contribution in [0, 0.1) is 0 Å². The molecule has 154 valence electrons. The van der Waals surface area contributed by atoms with Crippen molar-refractivity contribution in [2.45, 2.75) is 43.7 Å². The monoisotopic (exact) mass is 405 g/mol. The number of fused-ring (bicyclic) bond motifs is 2. The number of ether oxygens (including phenoxy) is 2. The van der Waals surface area contributed by atoms with Crippen molar-refractivity contribution in [2.75, 3.05) is 19.0 Å². The molecule has 0 atom stereocenters. The number of nitrogens with one attached hydrogen (secondary N) is 1. The Kier molecular flexibility index (Phi) is 3.92. The fraction of sp³-hybridized carbons (Fsp3) is 0.429. The second-order valence-electron chi connectivity index (χ2n) is 8.14. The van der Waals surface area contributed by atoms with E-state index in [0.717, 1.165) is 48.9 Å². The highest BCUT2D eigenvalue weighted by molar-refractivity contribution is 5.84. The Bertz CT molecular complexity index is 1220. The molecule has 0 amide bonds. The number of imidazole rings is 1. The molecule has 0 aromatic carbocycles. The molecule has 1 spiro atoms. The summed E-state index contributed by atoms with van der Waals surface area (Å²) in [4.78, 5) is 13.3. The minimum Gasteiger partial charge on any atom is -0.479 e. The first kappa shape index (κ1) is 17.6. The van der Waals surface area contributed by atoms with E-state index < -0.39 is 0 Å². The molecule has 0 bridgehead atoms. The van der Waals surface area contributed by atoms with E-state index in [1.165, 1.54) is 6.42 Å². The molecule has 6 rings (SSSR count). The normalized spacial score (nSPS) is 23.7. The zero-order valence-electron chi connectivity index (χ0n) is 16.8. The van der Waals surface area contributed by atoms with Crippen LogP contribution in [0.25, 0.3) is 22.4 Å². The number of hydrogen-bond acceptors (Lipinski definition) is 7. The summed E-state index contributed by atoms with van der Waals surface area (Å²) in [6.45, 7) is 0.911. The smallest absolute Gasteiger partial charge is 0.244 e. The third kappa shape index (κ3) is 2.80. The standard InChI is InChI=1S/C21H23N7O2/c1-29-18-17-16(14-12-23-20-22-8-10-27(20)13-14)4-9-28(17)26-19(25-18)24-15-2-5-21(6-3-15)7-11-30-21/h4,8-10,12-13,15H,2-3,5-7,11H2,1H3,(H,24,26). The van der Waals surface area contributed by atoms with Gasteiger partial charge in [0, 0.05) is 48.2 Å². The minimum atomic E-state index is 0.153. The minimum absolute atomic E-state index is 0.153. The quantitative estimate of drug-likeness (QED) is 0.558. The first-order chi connectivity index (χ1) is 14.7. The Labute approximate surface area is 173 Å². The van der Waals surface area contributed by atoms with Crippen molar-refractivity contribution in [3.63, 3.8) is 0 Å². The van der Waals surface area contributed by atoms with E-state index in [4.69, 9.17) is 14.6 Å². The van der Waals surface area contributed by atoms with Crippen molar-refractivity contribution in [3.8, 4) is 17.0 Å². The van der Waals surface area contributed by atoms with Crippen molar-refractivity contribution < 1.29 is 9.47 Å². The summed E-state index contributed by atoms with van der Waals surface area (Å²) in [6.07, 6.45) is 14.9. The highest BCUT2D eigenvalue weighted by Gasteiger charge is 2.41.